The zero-order valence-electron chi connectivity index (χ0n) is 7.92. The first-order valence-corrected chi connectivity index (χ1v) is 6.08. The number of nitrogens with two attached hydrogens (primary N) is 1. The molecule has 0 saturated heterocycles. The predicted molar refractivity (Wildman–Crippen MR) is 60.5 cm³/mol. The molecule has 2 N–H and O–H groups in total. The molecule has 1 heterocycles. The van der Waals surface area contributed by atoms with Gasteiger partial charge in [-0.3, -0.25) is 4.98 Å². The van der Waals surface area contributed by atoms with Crippen molar-refractivity contribution < 1.29 is 12.6 Å². The van der Waals surface area contributed by atoms with Gasteiger partial charge in [0.1, 0.15) is 5.52 Å². The highest BCUT2D eigenvalue weighted by molar-refractivity contribution is 7.84. The summed E-state index contributed by atoms with van der Waals surface area (Å²) in [4.78, 5) is 4.00. The molecule has 0 fully saturated rings. The standard InChI is InChI=1S/C9H7ClN2O3S/c10-7-4-3-6-2-1-5-12-8(6)9(7)15-16(11,13)14/h1-5H,(H2,11,13,14). The topological polar surface area (TPSA) is 82.3 Å². The highest BCUT2D eigenvalue weighted by Gasteiger charge is 2.14. The van der Waals surface area contributed by atoms with E-state index in [1.807, 2.05) is 0 Å². The number of fused-ring (bicyclic) bond motifs is 1. The molecule has 0 unspecified atom stereocenters. The van der Waals surface area contributed by atoms with Crippen LogP contribution in [0.3, 0.4) is 0 Å². The Morgan fingerprint density at radius 3 is 2.75 bits per heavy atom. The highest BCUT2D eigenvalue weighted by Crippen LogP contribution is 2.32. The average molecular weight is 259 g/mol. The average Bonchev–Trinajstić information content (AvgIpc) is 2.21. The van der Waals surface area contributed by atoms with Gasteiger partial charge in [-0.25, -0.2) is 0 Å². The summed E-state index contributed by atoms with van der Waals surface area (Å²) in [7, 11) is -4.12. The maximum absolute atomic E-state index is 10.9. The normalized spacial score (nSPS) is 11.6. The van der Waals surface area contributed by atoms with E-state index in [1.54, 1.807) is 18.2 Å². The van der Waals surface area contributed by atoms with E-state index in [9.17, 15) is 8.42 Å². The zero-order chi connectivity index (χ0) is 11.8. The molecule has 0 aliphatic carbocycles. The van der Waals surface area contributed by atoms with Gasteiger partial charge in [-0.15, -0.1) is 0 Å². The number of halogens is 1. The molecule has 0 radical (unpaired) electrons. The van der Waals surface area contributed by atoms with E-state index in [0.717, 1.165) is 0 Å². The van der Waals surface area contributed by atoms with E-state index in [0.29, 0.717) is 10.9 Å². The van der Waals surface area contributed by atoms with Crippen molar-refractivity contribution in [3.63, 3.8) is 0 Å². The molecule has 0 amide bonds. The minimum absolute atomic E-state index is 0.0535. The van der Waals surface area contributed by atoms with E-state index in [-0.39, 0.29) is 10.8 Å². The van der Waals surface area contributed by atoms with Crippen LogP contribution in [0.4, 0.5) is 0 Å². The first-order chi connectivity index (χ1) is 7.47. The van der Waals surface area contributed by atoms with Crippen molar-refractivity contribution in [2.75, 3.05) is 0 Å². The lowest BCUT2D eigenvalue weighted by atomic mass is 10.2. The van der Waals surface area contributed by atoms with Crippen molar-refractivity contribution in [1.29, 1.82) is 0 Å². The molecule has 0 aliphatic rings. The molecular weight excluding hydrogens is 252 g/mol. The molecule has 0 bridgehead atoms. The molecule has 0 spiro atoms. The van der Waals surface area contributed by atoms with Crippen molar-refractivity contribution in [3.8, 4) is 5.75 Å². The Kier molecular flexibility index (Phi) is 2.71. The van der Waals surface area contributed by atoms with Crippen molar-refractivity contribution in [2.45, 2.75) is 0 Å². The Balaban J connectivity index is 2.71. The van der Waals surface area contributed by atoms with E-state index in [4.69, 9.17) is 16.7 Å². The van der Waals surface area contributed by atoms with Crippen LogP contribution in [0.25, 0.3) is 10.9 Å². The third kappa shape index (κ3) is 2.24. The van der Waals surface area contributed by atoms with Gasteiger partial charge in [0.15, 0.2) is 5.75 Å². The molecule has 0 aliphatic heterocycles. The number of nitrogens with zero attached hydrogens (tertiary/aromatic N) is 1. The first kappa shape index (κ1) is 11.1. The SMILES string of the molecule is NS(=O)(=O)Oc1c(Cl)ccc2cccnc12. The monoisotopic (exact) mass is 258 g/mol. The van der Waals surface area contributed by atoms with Crippen LogP contribution in [0.5, 0.6) is 5.75 Å². The Bertz CT molecular complexity index is 642. The fourth-order valence-electron chi connectivity index (χ4n) is 1.29. The third-order valence-corrected chi connectivity index (χ3v) is 2.58. The van der Waals surface area contributed by atoms with Gasteiger partial charge in [-0.1, -0.05) is 23.7 Å². The lowest BCUT2D eigenvalue weighted by molar-refractivity contribution is 0.490. The molecule has 5 nitrogen and oxygen atoms in total. The summed E-state index contributed by atoms with van der Waals surface area (Å²) in [5.41, 5.74) is 0.351. The minimum atomic E-state index is -4.12. The number of aromatic nitrogens is 1. The first-order valence-electron chi connectivity index (χ1n) is 4.23. The molecule has 1 aromatic carbocycles. The third-order valence-electron chi connectivity index (χ3n) is 1.88. The minimum Gasteiger partial charge on any atom is -0.367 e. The smallest absolute Gasteiger partial charge is 0.367 e. The largest absolute Gasteiger partial charge is 0.380 e. The fraction of sp³-hybridized carbons (Fsp3) is 0. The van der Waals surface area contributed by atoms with Gasteiger partial charge in [0.05, 0.1) is 5.02 Å². The van der Waals surface area contributed by atoms with Crippen LogP contribution in [-0.4, -0.2) is 13.4 Å². The van der Waals surface area contributed by atoms with Crippen LogP contribution in [0.2, 0.25) is 5.02 Å². The van der Waals surface area contributed by atoms with Gasteiger partial charge < -0.3 is 4.18 Å². The van der Waals surface area contributed by atoms with Crippen LogP contribution < -0.4 is 9.32 Å². The summed E-state index contributed by atoms with van der Waals surface area (Å²) in [5, 5.41) is 5.64. The van der Waals surface area contributed by atoms with Gasteiger partial charge in [-0.05, 0) is 12.1 Å². The zero-order valence-corrected chi connectivity index (χ0v) is 9.49. The number of hydrogen-bond donors (Lipinski definition) is 1. The number of pyridine rings is 1. The Morgan fingerprint density at radius 2 is 2.06 bits per heavy atom. The van der Waals surface area contributed by atoms with E-state index >= 15 is 0 Å². The number of rotatable bonds is 2. The Morgan fingerprint density at radius 1 is 1.31 bits per heavy atom. The molecular formula is C9H7ClN2O3S. The number of benzene rings is 1. The van der Waals surface area contributed by atoms with Crippen molar-refractivity contribution >= 4 is 32.8 Å². The van der Waals surface area contributed by atoms with Crippen LogP contribution in [0.1, 0.15) is 0 Å². The lowest BCUT2D eigenvalue weighted by Crippen LogP contribution is -2.19. The Hall–Kier alpha value is -1.37. The van der Waals surface area contributed by atoms with Crippen LogP contribution >= 0.6 is 11.6 Å². The molecule has 1 aromatic heterocycles. The summed E-state index contributed by atoms with van der Waals surface area (Å²) < 4.78 is 26.3. The van der Waals surface area contributed by atoms with Crippen LogP contribution in [0.15, 0.2) is 30.5 Å². The molecule has 2 aromatic rings. The number of hydrogen-bond acceptors (Lipinski definition) is 4. The summed E-state index contributed by atoms with van der Waals surface area (Å²) in [6, 6.07) is 6.71. The molecule has 16 heavy (non-hydrogen) atoms. The van der Waals surface area contributed by atoms with Crippen LogP contribution in [-0.2, 0) is 10.3 Å². The van der Waals surface area contributed by atoms with E-state index < -0.39 is 10.3 Å². The second-order valence-electron chi connectivity index (χ2n) is 3.03. The molecule has 7 heteroatoms. The van der Waals surface area contributed by atoms with Crippen LogP contribution in [0, 0.1) is 0 Å². The summed E-state index contributed by atoms with van der Waals surface area (Å²) >= 11 is 5.82. The summed E-state index contributed by atoms with van der Waals surface area (Å²) in [6.45, 7) is 0. The molecule has 0 saturated carbocycles. The lowest BCUT2D eigenvalue weighted by Gasteiger charge is -2.07. The second-order valence-corrected chi connectivity index (χ2v) is 4.59. The predicted octanol–water partition coefficient (Wildman–Crippen LogP) is 1.47. The summed E-state index contributed by atoms with van der Waals surface area (Å²) in [5.74, 6) is -0.0535. The maximum Gasteiger partial charge on any atom is 0.380 e. The van der Waals surface area contributed by atoms with Gasteiger partial charge in [0, 0.05) is 11.6 Å². The summed E-state index contributed by atoms with van der Waals surface area (Å²) in [6.07, 6.45) is 1.51. The van der Waals surface area contributed by atoms with Gasteiger partial charge >= 0.3 is 10.3 Å². The van der Waals surface area contributed by atoms with Gasteiger partial charge in [0.25, 0.3) is 0 Å². The quantitative estimate of drug-likeness (QED) is 0.884. The van der Waals surface area contributed by atoms with Crippen molar-refractivity contribution in [3.05, 3.63) is 35.5 Å². The fourth-order valence-corrected chi connectivity index (χ4v) is 1.93. The van der Waals surface area contributed by atoms with Gasteiger partial charge in [0.2, 0.25) is 0 Å². The highest BCUT2D eigenvalue weighted by atomic mass is 35.5. The molecule has 84 valence electrons. The Labute approximate surface area is 97.1 Å². The molecule has 2 rings (SSSR count). The maximum atomic E-state index is 10.9. The van der Waals surface area contributed by atoms with Gasteiger partial charge in [-0.2, -0.15) is 13.6 Å². The van der Waals surface area contributed by atoms with E-state index in [1.165, 1.54) is 12.3 Å². The van der Waals surface area contributed by atoms with Crippen molar-refractivity contribution in [1.82, 2.24) is 4.98 Å². The second kappa shape index (κ2) is 3.89. The van der Waals surface area contributed by atoms with Crippen molar-refractivity contribution in [2.24, 2.45) is 5.14 Å². The molecule has 0 atom stereocenters. The van der Waals surface area contributed by atoms with E-state index in [2.05, 4.69) is 9.17 Å².